The third-order valence-corrected chi connectivity index (χ3v) is 5.95. The molecule has 1 aromatic heterocycles. The summed E-state index contributed by atoms with van der Waals surface area (Å²) < 4.78 is 1.46. The largest absolute Gasteiger partial charge is 0.369 e. The number of amides is 2. The first kappa shape index (κ1) is 15.6. The lowest BCUT2D eigenvalue weighted by Crippen LogP contribution is -2.36. The molecule has 0 saturated carbocycles. The van der Waals surface area contributed by atoms with Crippen molar-refractivity contribution in [3.63, 3.8) is 0 Å². The van der Waals surface area contributed by atoms with Gasteiger partial charge in [0.05, 0.1) is 11.5 Å². The van der Waals surface area contributed by atoms with E-state index in [2.05, 4.69) is 10.2 Å². The smallest absolute Gasteiger partial charge is 0.233 e. The number of aromatic nitrogens is 2. The van der Waals surface area contributed by atoms with Crippen LogP contribution in [0.5, 0.6) is 0 Å². The van der Waals surface area contributed by atoms with Crippen molar-refractivity contribution in [1.29, 1.82) is 0 Å². The Morgan fingerprint density at radius 1 is 1.10 bits per heavy atom. The molecule has 1 saturated heterocycles. The fourth-order valence-electron chi connectivity index (χ4n) is 1.80. The summed E-state index contributed by atoms with van der Waals surface area (Å²) in [4.78, 5) is 24.6. The number of thioether (sulfide) groups is 2. The second kappa shape index (κ2) is 7.84. The first-order valence-electron chi connectivity index (χ1n) is 6.30. The third kappa shape index (κ3) is 4.95. The Balaban J connectivity index is 1.75. The highest BCUT2D eigenvalue weighted by molar-refractivity contribution is 8.03. The van der Waals surface area contributed by atoms with Crippen LogP contribution in [0.3, 0.4) is 0 Å². The molecule has 0 aliphatic carbocycles. The maximum Gasteiger partial charge on any atom is 0.233 e. The van der Waals surface area contributed by atoms with Crippen LogP contribution in [0, 0.1) is 0 Å². The molecule has 0 radical (unpaired) electrons. The Labute approximate surface area is 129 Å². The lowest BCUT2D eigenvalue weighted by atomic mass is 10.1. The van der Waals surface area contributed by atoms with Crippen LogP contribution in [0.2, 0.25) is 0 Å². The summed E-state index contributed by atoms with van der Waals surface area (Å²) in [5.41, 5.74) is 5.07. The molecule has 1 aliphatic rings. The van der Waals surface area contributed by atoms with Crippen LogP contribution in [-0.4, -0.2) is 51.5 Å². The van der Waals surface area contributed by atoms with E-state index < -0.39 is 0 Å². The van der Waals surface area contributed by atoms with E-state index in [1.165, 1.54) is 41.3 Å². The fourth-order valence-corrected chi connectivity index (χ4v) is 4.47. The number of carbonyl (C=O) groups is 2. The fraction of sp³-hybridized carbons (Fsp3) is 0.636. The van der Waals surface area contributed by atoms with Crippen LogP contribution in [0.15, 0.2) is 8.68 Å². The summed E-state index contributed by atoms with van der Waals surface area (Å²) in [6.07, 6.45) is 3.42. The van der Waals surface area contributed by atoms with Crippen molar-refractivity contribution in [2.45, 2.75) is 27.9 Å². The predicted molar refractivity (Wildman–Crippen MR) is 81.0 cm³/mol. The monoisotopic (exact) mass is 332 g/mol. The van der Waals surface area contributed by atoms with Crippen molar-refractivity contribution < 1.29 is 9.59 Å². The molecule has 1 aliphatic heterocycles. The van der Waals surface area contributed by atoms with Crippen LogP contribution in [0.1, 0.15) is 19.3 Å². The first-order valence-corrected chi connectivity index (χ1v) is 9.09. The second-order valence-electron chi connectivity index (χ2n) is 4.32. The van der Waals surface area contributed by atoms with Crippen molar-refractivity contribution in [3.8, 4) is 0 Å². The third-order valence-electron chi connectivity index (χ3n) is 2.75. The van der Waals surface area contributed by atoms with E-state index in [9.17, 15) is 9.59 Å². The number of likely N-dealkylation sites (tertiary alicyclic amines) is 1. The highest BCUT2D eigenvalue weighted by atomic mass is 32.2. The molecule has 6 nitrogen and oxygen atoms in total. The van der Waals surface area contributed by atoms with E-state index in [1.54, 1.807) is 0 Å². The highest BCUT2D eigenvalue weighted by Crippen LogP contribution is 2.28. The Kier molecular flexibility index (Phi) is 6.11. The van der Waals surface area contributed by atoms with Crippen molar-refractivity contribution in [3.05, 3.63) is 0 Å². The molecule has 2 amide bonds. The molecule has 1 aromatic rings. The minimum Gasteiger partial charge on any atom is -0.369 e. The molecule has 2 rings (SSSR count). The van der Waals surface area contributed by atoms with Gasteiger partial charge in [-0.15, -0.1) is 10.2 Å². The van der Waals surface area contributed by atoms with Crippen LogP contribution < -0.4 is 5.73 Å². The highest BCUT2D eigenvalue weighted by Gasteiger charge is 2.17. The average Bonchev–Trinajstić information content (AvgIpc) is 2.91. The first-order chi connectivity index (χ1) is 9.65. The summed E-state index contributed by atoms with van der Waals surface area (Å²) in [6, 6.07) is 0. The van der Waals surface area contributed by atoms with Gasteiger partial charge in [0.15, 0.2) is 8.68 Å². The Morgan fingerprint density at radius 3 is 2.30 bits per heavy atom. The van der Waals surface area contributed by atoms with Crippen molar-refractivity contribution >= 4 is 46.7 Å². The molecular formula is C11H16N4O2S3. The molecule has 20 heavy (non-hydrogen) atoms. The van der Waals surface area contributed by atoms with Crippen LogP contribution in [0.25, 0.3) is 0 Å². The van der Waals surface area contributed by atoms with Crippen molar-refractivity contribution in [1.82, 2.24) is 15.1 Å². The van der Waals surface area contributed by atoms with E-state index in [1.807, 2.05) is 4.90 Å². The number of primary amides is 1. The van der Waals surface area contributed by atoms with Gasteiger partial charge < -0.3 is 10.6 Å². The zero-order valence-electron chi connectivity index (χ0n) is 10.9. The molecule has 0 bridgehead atoms. The minimum absolute atomic E-state index is 0.163. The molecule has 110 valence electrons. The number of hydrogen-bond acceptors (Lipinski definition) is 7. The van der Waals surface area contributed by atoms with Gasteiger partial charge in [-0.1, -0.05) is 34.9 Å². The molecule has 0 atom stereocenters. The van der Waals surface area contributed by atoms with E-state index in [4.69, 9.17) is 5.73 Å². The summed E-state index contributed by atoms with van der Waals surface area (Å²) in [6.45, 7) is 1.74. The maximum absolute atomic E-state index is 12.0. The summed E-state index contributed by atoms with van der Waals surface area (Å²) in [5, 5.41) is 7.96. The molecule has 0 unspecified atom stereocenters. The number of nitrogens with two attached hydrogens (primary N) is 1. The number of piperidine rings is 1. The topological polar surface area (TPSA) is 89.2 Å². The van der Waals surface area contributed by atoms with Gasteiger partial charge in [0.1, 0.15) is 0 Å². The normalized spacial score (nSPS) is 15.3. The zero-order chi connectivity index (χ0) is 14.4. The van der Waals surface area contributed by atoms with Gasteiger partial charge in [-0.25, -0.2) is 0 Å². The molecule has 1 fully saturated rings. The SMILES string of the molecule is NC(=O)CSc1nnc(SCC(=O)N2CCCCC2)s1. The van der Waals surface area contributed by atoms with Gasteiger partial charge in [-0.2, -0.15) is 0 Å². The van der Waals surface area contributed by atoms with Gasteiger partial charge >= 0.3 is 0 Å². The lowest BCUT2D eigenvalue weighted by Gasteiger charge is -2.26. The van der Waals surface area contributed by atoms with Gasteiger partial charge in [0.25, 0.3) is 0 Å². The standard InChI is InChI=1S/C11H16N4O2S3/c12-8(16)6-18-10-13-14-11(20-10)19-7-9(17)15-4-2-1-3-5-15/h1-7H2,(H2,12,16). The van der Waals surface area contributed by atoms with E-state index >= 15 is 0 Å². The Bertz CT molecular complexity index is 474. The zero-order valence-corrected chi connectivity index (χ0v) is 13.4. The number of nitrogens with zero attached hydrogens (tertiary/aromatic N) is 3. The van der Waals surface area contributed by atoms with Crippen LogP contribution in [-0.2, 0) is 9.59 Å². The van der Waals surface area contributed by atoms with Crippen molar-refractivity contribution in [2.24, 2.45) is 5.73 Å². The molecular weight excluding hydrogens is 316 g/mol. The Morgan fingerprint density at radius 2 is 1.70 bits per heavy atom. The van der Waals surface area contributed by atoms with Gasteiger partial charge in [-0.05, 0) is 19.3 Å². The van der Waals surface area contributed by atoms with E-state index in [-0.39, 0.29) is 17.6 Å². The summed E-state index contributed by atoms with van der Waals surface area (Å²) in [7, 11) is 0. The van der Waals surface area contributed by atoms with E-state index in [0.717, 1.165) is 30.3 Å². The van der Waals surface area contributed by atoms with Gasteiger partial charge in [0.2, 0.25) is 11.8 Å². The lowest BCUT2D eigenvalue weighted by molar-refractivity contribution is -0.129. The minimum atomic E-state index is -0.375. The summed E-state index contributed by atoms with van der Waals surface area (Å²) in [5.74, 6) is 0.386. The number of hydrogen-bond donors (Lipinski definition) is 1. The maximum atomic E-state index is 12.0. The molecule has 0 spiro atoms. The molecule has 9 heteroatoms. The summed E-state index contributed by atoms with van der Waals surface area (Å²) >= 11 is 4.06. The number of rotatable bonds is 6. The van der Waals surface area contributed by atoms with Crippen LogP contribution in [0.4, 0.5) is 0 Å². The molecule has 2 N–H and O–H groups in total. The second-order valence-corrected chi connectivity index (χ2v) is 7.74. The Hall–Kier alpha value is -0.800. The quantitative estimate of drug-likeness (QED) is 0.788. The molecule has 0 aromatic carbocycles. The average molecular weight is 332 g/mol. The molecule has 2 heterocycles. The predicted octanol–water partition coefficient (Wildman–Crippen LogP) is 1.22. The van der Waals surface area contributed by atoms with Crippen molar-refractivity contribution in [2.75, 3.05) is 24.6 Å². The van der Waals surface area contributed by atoms with E-state index in [0.29, 0.717) is 10.1 Å². The van der Waals surface area contributed by atoms with Gasteiger partial charge in [-0.3, -0.25) is 9.59 Å². The number of carbonyl (C=O) groups excluding carboxylic acids is 2. The van der Waals surface area contributed by atoms with Gasteiger partial charge in [0, 0.05) is 13.1 Å². The van der Waals surface area contributed by atoms with Crippen LogP contribution >= 0.6 is 34.9 Å².